The fraction of sp³-hybridized carbons (Fsp3) is 0.381. The van der Waals surface area contributed by atoms with E-state index in [1.54, 1.807) is 6.07 Å². The van der Waals surface area contributed by atoms with Gasteiger partial charge in [0.05, 0.1) is 6.10 Å². The molecule has 2 aromatic rings. The lowest BCUT2D eigenvalue weighted by Gasteiger charge is -2.24. The Morgan fingerprint density at radius 2 is 2.07 bits per heavy atom. The normalized spacial score (nSPS) is 18.0. The highest BCUT2D eigenvalue weighted by molar-refractivity contribution is 5.73. The standard InChI is InChI=1S/C21H25NO5/c1-13-4-3-5-16(8-13)17(23)11-22-14(2)9-15-6-7-18-19(10-15)26-12-20(27-18)21(24)25/h3-8,10,14,17,20,22-23H,9,11-12H2,1-2H3,(H,24,25)/t14-,17+,20?/m1/s1. The summed E-state index contributed by atoms with van der Waals surface area (Å²) in [5.74, 6) is -0.0143. The number of benzene rings is 2. The number of carboxylic acids is 1. The number of fused-ring (bicyclic) bond motifs is 1. The van der Waals surface area contributed by atoms with Crippen LogP contribution in [0, 0.1) is 6.92 Å². The summed E-state index contributed by atoms with van der Waals surface area (Å²) in [6.07, 6.45) is -0.771. The molecular weight excluding hydrogens is 346 g/mol. The molecular formula is C21H25NO5. The van der Waals surface area contributed by atoms with Gasteiger partial charge in [0.2, 0.25) is 6.10 Å². The second kappa shape index (κ2) is 8.41. The third-order valence-electron chi connectivity index (χ3n) is 4.57. The maximum absolute atomic E-state index is 11.0. The Balaban J connectivity index is 1.54. The summed E-state index contributed by atoms with van der Waals surface area (Å²) in [4.78, 5) is 11.0. The van der Waals surface area contributed by atoms with Gasteiger partial charge in [0, 0.05) is 12.6 Å². The summed E-state index contributed by atoms with van der Waals surface area (Å²) in [5, 5.41) is 22.7. The molecule has 0 saturated heterocycles. The Morgan fingerprint density at radius 3 is 2.81 bits per heavy atom. The molecule has 0 amide bonds. The van der Waals surface area contributed by atoms with Crippen molar-refractivity contribution in [2.24, 2.45) is 0 Å². The van der Waals surface area contributed by atoms with E-state index in [1.807, 2.05) is 43.3 Å². The number of aryl methyl sites for hydroxylation is 1. The highest BCUT2D eigenvalue weighted by Crippen LogP contribution is 2.33. The van der Waals surface area contributed by atoms with Gasteiger partial charge in [-0.3, -0.25) is 0 Å². The maximum atomic E-state index is 11.0. The maximum Gasteiger partial charge on any atom is 0.348 e. The molecule has 1 unspecified atom stereocenters. The van der Waals surface area contributed by atoms with E-state index in [2.05, 4.69) is 12.2 Å². The van der Waals surface area contributed by atoms with Gasteiger partial charge in [-0.2, -0.15) is 0 Å². The number of aliphatic carboxylic acids is 1. The number of hydrogen-bond donors (Lipinski definition) is 3. The molecule has 0 aromatic heterocycles. The van der Waals surface area contributed by atoms with E-state index in [-0.39, 0.29) is 12.6 Å². The van der Waals surface area contributed by atoms with Crippen molar-refractivity contribution >= 4 is 5.97 Å². The van der Waals surface area contributed by atoms with Gasteiger partial charge in [-0.25, -0.2) is 4.79 Å². The predicted molar refractivity (Wildman–Crippen MR) is 101 cm³/mol. The Labute approximate surface area is 158 Å². The van der Waals surface area contributed by atoms with Crippen molar-refractivity contribution in [3.63, 3.8) is 0 Å². The van der Waals surface area contributed by atoms with Crippen LogP contribution in [0.5, 0.6) is 11.5 Å². The molecule has 3 N–H and O–H groups in total. The molecule has 1 aliphatic heterocycles. The van der Waals surface area contributed by atoms with Gasteiger partial charge in [0.1, 0.15) is 6.61 Å². The zero-order valence-electron chi connectivity index (χ0n) is 15.5. The molecule has 0 aliphatic carbocycles. The first-order chi connectivity index (χ1) is 12.9. The average molecular weight is 371 g/mol. The van der Waals surface area contributed by atoms with Crippen molar-refractivity contribution in [1.82, 2.24) is 5.32 Å². The van der Waals surface area contributed by atoms with Crippen LogP contribution in [0.2, 0.25) is 0 Å². The van der Waals surface area contributed by atoms with Gasteiger partial charge < -0.3 is 25.0 Å². The van der Waals surface area contributed by atoms with Crippen LogP contribution in [0.4, 0.5) is 0 Å². The minimum Gasteiger partial charge on any atom is -0.485 e. The monoisotopic (exact) mass is 371 g/mol. The van der Waals surface area contributed by atoms with E-state index in [1.165, 1.54) is 0 Å². The lowest BCUT2D eigenvalue weighted by molar-refractivity contribution is -0.147. The number of carbonyl (C=O) groups is 1. The molecule has 0 saturated carbocycles. The van der Waals surface area contributed by atoms with Crippen molar-refractivity contribution in [3.8, 4) is 11.5 Å². The van der Waals surface area contributed by atoms with Crippen molar-refractivity contribution in [2.75, 3.05) is 13.2 Å². The SMILES string of the molecule is Cc1cccc([C@@H](O)CN[C@H](C)Cc2ccc3c(c2)OCC(C(=O)O)O3)c1. The van der Waals surface area contributed by atoms with Crippen LogP contribution >= 0.6 is 0 Å². The molecule has 0 fully saturated rings. The summed E-state index contributed by atoms with van der Waals surface area (Å²) in [6, 6.07) is 13.5. The van der Waals surface area contributed by atoms with Crippen molar-refractivity contribution < 1.29 is 24.5 Å². The largest absolute Gasteiger partial charge is 0.485 e. The van der Waals surface area contributed by atoms with Gasteiger partial charge in [-0.1, -0.05) is 35.9 Å². The quantitative estimate of drug-likeness (QED) is 0.693. The highest BCUT2D eigenvalue weighted by Gasteiger charge is 2.27. The van der Waals surface area contributed by atoms with Crippen LogP contribution in [0.15, 0.2) is 42.5 Å². The van der Waals surface area contributed by atoms with Crippen molar-refractivity contribution in [3.05, 3.63) is 59.2 Å². The summed E-state index contributed by atoms with van der Waals surface area (Å²) in [6.45, 7) is 4.53. The molecule has 2 aromatic carbocycles. The first kappa shape index (κ1) is 19.2. The van der Waals surface area contributed by atoms with Gasteiger partial charge >= 0.3 is 5.97 Å². The molecule has 0 spiro atoms. The molecule has 0 radical (unpaired) electrons. The first-order valence-corrected chi connectivity index (χ1v) is 9.05. The van der Waals surface area contributed by atoms with Gasteiger partial charge in [0.25, 0.3) is 0 Å². The molecule has 0 bridgehead atoms. The summed E-state index contributed by atoms with van der Waals surface area (Å²) in [7, 11) is 0. The minimum absolute atomic E-state index is 0.00226. The predicted octanol–water partition coefficient (Wildman–Crippen LogP) is 2.47. The number of rotatable bonds is 7. The molecule has 144 valence electrons. The van der Waals surface area contributed by atoms with Crippen molar-refractivity contribution in [1.29, 1.82) is 0 Å². The second-order valence-electron chi connectivity index (χ2n) is 6.98. The van der Waals surface area contributed by atoms with Gasteiger partial charge in [0.15, 0.2) is 11.5 Å². The number of aliphatic hydroxyl groups excluding tert-OH is 1. The number of nitrogens with one attached hydrogen (secondary N) is 1. The minimum atomic E-state index is -1.03. The Kier molecular flexibility index (Phi) is 5.98. The summed E-state index contributed by atoms with van der Waals surface area (Å²) >= 11 is 0. The third kappa shape index (κ3) is 4.99. The van der Waals surface area contributed by atoms with E-state index in [9.17, 15) is 9.90 Å². The van der Waals surface area contributed by atoms with Crippen molar-refractivity contribution in [2.45, 2.75) is 38.5 Å². The number of hydrogen-bond acceptors (Lipinski definition) is 5. The number of carboxylic acid groups (broad SMARTS) is 1. The van der Waals surface area contributed by atoms with Gasteiger partial charge in [-0.05, 0) is 43.5 Å². The summed E-state index contributed by atoms with van der Waals surface area (Å²) in [5.41, 5.74) is 3.08. The Morgan fingerprint density at radius 1 is 1.26 bits per heavy atom. The van der Waals surface area contributed by atoms with E-state index in [0.29, 0.717) is 18.0 Å². The number of aliphatic hydroxyl groups is 1. The fourth-order valence-electron chi connectivity index (χ4n) is 3.10. The lowest BCUT2D eigenvalue weighted by atomic mass is 10.0. The zero-order chi connectivity index (χ0) is 19.4. The first-order valence-electron chi connectivity index (χ1n) is 9.05. The lowest BCUT2D eigenvalue weighted by Crippen LogP contribution is -2.36. The van der Waals surface area contributed by atoms with E-state index in [0.717, 1.165) is 23.1 Å². The van der Waals surface area contributed by atoms with Gasteiger partial charge in [-0.15, -0.1) is 0 Å². The smallest absolute Gasteiger partial charge is 0.348 e. The molecule has 6 heteroatoms. The van der Waals surface area contributed by atoms with Crippen LogP contribution in [0.3, 0.4) is 0 Å². The van der Waals surface area contributed by atoms with Crippen LogP contribution in [0.25, 0.3) is 0 Å². The molecule has 1 aliphatic rings. The molecule has 1 heterocycles. The van der Waals surface area contributed by atoms with Crippen LogP contribution < -0.4 is 14.8 Å². The average Bonchev–Trinajstić information content (AvgIpc) is 2.65. The topological polar surface area (TPSA) is 88.0 Å². The number of ether oxygens (including phenoxy) is 2. The molecule has 6 nitrogen and oxygen atoms in total. The Bertz CT molecular complexity index is 807. The molecule has 3 rings (SSSR count). The Hall–Kier alpha value is -2.57. The van der Waals surface area contributed by atoms with Crippen LogP contribution in [0.1, 0.15) is 29.7 Å². The third-order valence-corrected chi connectivity index (χ3v) is 4.57. The second-order valence-corrected chi connectivity index (χ2v) is 6.98. The highest BCUT2D eigenvalue weighted by atomic mass is 16.6. The van der Waals surface area contributed by atoms with E-state index in [4.69, 9.17) is 14.6 Å². The zero-order valence-corrected chi connectivity index (χ0v) is 15.5. The van der Waals surface area contributed by atoms with Crippen LogP contribution in [-0.4, -0.2) is 41.5 Å². The van der Waals surface area contributed by atoms with E-state index >= 15 is 0 Å². The molecule has 27 heavy (non-hydrogen) atoms. The van der Waals surface area contributed by atoms with Crippen LogP contribution in [-0.2, 0) is 11.2 Å². The molecule has 3 atom stereocenters. The van der Waals surface area contributed by atoms with E-state index < -0.39 is 18.2 Å². The fourth-order valence-corrected chi connectivity index (χ4v) is 3.10. The summed E-state index contributed by atoms with van der Waals surface area (Å²) < 4.78 is 10.9.